The van der Waals surface area contributed by atoms with Crippen LogP contribution in [0.4, 0.5) is 5.82 Å². The maximum absolute atomic E-state index is 13.3. The third-order valence-electron chi connectivity index (χ3n) is 6.16. The summed E-state index contributed by atoms with van der Waals surface area (Å²) in [4.78, 5) is 34.3. The van der Waals surface area contributed by atoms with Crippen LogP contribution in [0, 0.1) is 5.41 Å². The Morgan fingerprint density at radius 2 is 1.79 bits per heavy atom. The van der Waals surface area contributed by atoms with Gasteiger partial charge in [-0.1, -0.05) is 85.7 Å². The molecule has 5 nitrogen and oxygen atoms in total. The molecule has 0 radical (unpaired) electrons. The van der Waals surface area contributed by atoms with Crippen molar-refractivity contribution in [1.82, 2.24) is 9.97 Å². The molecule has 0 fully saturated rings. The number of hydrogen-bond acceptors (Lipinski definition) is 5. The largest absolute Gasteiger partial charge is 0.343 e. The zero-order valence-electron chi connectivity index (χ0n) is 18.4. The molecule has 33 heavy (non-hydrogen) atoms. The first-order chi connectivity index (χ1) is 15.8. The summed E-state index contributed by atoms with van der Waals surface area (Å²) in [6.07, 6.45) is 1.19. The van der Waals surface area contributed by atoms with E-state index in [2.05, 4.69) is 24.1 Å². The molecular weight excluding hydrogens is 454 g/mol. The molecule has 0 spiro atoms. The van der Waals surface area contributed by atoms with Crippen molar-refractivity contribution < 1.29 is 4.79 Å². The minimum absolute atomic E-state index is 0.0878. The maximum atomic E-state index is 13.3. The highest BCUT2D eigenvalue weighted by molar-refractivity contribution is 7.98. The van der Waals surface area contributed by atoms with Crippen LogP contribution in [-0.4, -0.2) is 15.8 Å². The molecule has 2 N–H and O–H groups in total. The number of benzene rings is 2. The number of halogens is 1. The molecule has 168 valence electrons. The Labute approximate surface area is 201 Å². The molecule has 1 aromatic heterocycles. The van der Waals surface area contributed by atoms with Crippen molar-refractivity contribution in [3.63, 3.8) is 0 Å². The van der Waals surface area contributed by atoms with Crippen LogP contribution >= 0.6 is 23.4 Å². The van der Waals surface area contributed by atoms with Crippen molar-refractivity contribution >= 4 is 35.0 Å². The zero-order valence-corrected chi connectivity index (χ0v) is 20.0. The fraction of sp³-hybridized carbons (Fsp3) is 0.269. The molecule has 1 aliphatic heterocycles. The van der Waals surface area contributed by atoms with E-state index in [1.807, 2.05) is 54.6 Å². The third kappa shape index (κ3) is 4.25. The molecule has 1 unspecified atom stereocenters. The highest BCUT2D eigenvalue weighted by atomic mass is 35.5. The number of carbonyl (C=O) groups is 1. The Morgan fingerprint density at radius 3 is 2.55 bits per heavy atom. The predicted molar refractivity (Wildman–Crippen MR) is 133 cm³/mol. The topological polar surface area (TPSA) is 74.8 Å². The number of hydrogen-bond donors (Lipinski definition) is 2. The monoisotopic (exact) mass is 477 g/mol. The van der Waals surface area contributed by atoms with Gasteiger partial charge in [-0.3, -0.25) is 9.59 Å². The number of aromatic nitrogens is 2. The molecule has 0 saturated carbocycles. The number of anilines is 1. The highest BCUT2D eigenvalue weighted by Gasteiger charge is 2.42. The Bertz CT molecular complexity index is 1330. The van der Waals surface area contributed by atoms with Crippen LogP contribution in [0.3, 0.4) is 0 Å². The lowest BCUT2D eigenvalue weighted by molar-refractivity contribution is -0.118. The Morgan fingerprint density at radius 1 is 1.06 bits per heavy atom. The van der Waals surface area contributed by atoms with E-state index in [9.17, 15) is 9.59 Å². The van der Waals surface area contributed by atoms with Gasteiger partial charge in [-0.25, -0.2) is 4.98 Å². The summed E-state index contributed by atoms with van der Waals surface area (Å²) in [5, 5.41) is 4.57. The maximum Gasteiger partial charge on any atom is 0.257 e. The Hall–Kier alpha value is -2.83. The van der Waals surface area contributed by atoms with E-state index in [0.717, 1.165) is 23.2 Å². The van der Waals surface area contributed by atoms with Crippen LogP contribution in [0.2, 0.25) is 5.02 Å². The summed E-state index contributed by atoms with van der Waals surface area (Å²) >= 11 is 7.71. The van der Waals surface area contributed by atoms with Crippen LogP contribution in [0.1, 0.15) is 49.3 Å². The normalized spacial score (nSPS) is 19.0. The SMILES string of the molecule is CC1(C)CC(=O)C2=C(C1)Nc1nc(SCc3ccccc3Cl)[nH]c(=O)c1C2c1ccccc1. The van der Waals surface area contributed by atoms with E-state index < -0.39 is 5.92 Å². The highest BCUT2D eigenvalue weighted by Crippen LogP contribution is 2.47. The van der Waals surface area contributed by atoms with Crippen molar-refractivity contribution in [2.75, 3.05) is 5.32 Å². The van der Waals surface area contributed by atoms with E-state index in [1.54, 1.807) is 0 Å². The standard InChI is InChI=1S/C26H24ClN3O2S/c1-26(2)12-18-21(19(31)13-26)20(15-8-4-3-5-9-15)22-23(28-18)29-25(30-24(22)32)33-14-16-10-6-7-11-17(16)27/h3-11,20H,12-14H2,1-2H3,(H2,28,29,30,32). The van der Waals surface area contributed by atoms with E-state index in [4.69, 9.17) is 16.6 Å². The number of ketones is 1. The average Bonchev–Trinajstić information content (AvgIpc) is 2.77. The van der Waals surface area contributed by atoms with Gasteiger partial charge in [0.2, 0.25) is 0 Å². The first-order valence-corrected chi connectivity index (χ1v) is 12.3. The summed E-state index contributed by atoms with van der Waals surface area (Å²) in [5.74, 6) is 0.770. The molecule has 2 aliphatic rings. The molecule has 1 atom stereocenters. The molecule has 5 rings (SSSR count). The molecular formula is C26H24ClN3O2S. The second kappa shape index (κ2) is 8.50. The Balaban J connectivity index is 1.58. The molecule has 3 aromatic rings. The molecule has 0 amide bonds. The van der Waals surface area contributed by atoms with Crippen molar-refractivity contribution in [3.8, 4) is 0 Å². The van der Waals surface area contributed by atoms with Crippen LogP contribution in [0.15, 0.2) is 75.8 Å². The molecule has 2 heterocycles. The van der Waals surface area contributed by atoms with Crippen LogP contribution in [0.25, 0.3) is 0 Å². The van der Waals surface area contributed by atoms with E-state index >= 15 is 0 Å². The number of Topliss-reactive ketones (excluding diaryl/α,β-unsaturated/α-hetero) is 1. The smallest absolute Gasteiger partial charge is 0.257 e. The van der Waals surface area contributed by atoms with Crippen LogP contribution < -0.4 is 10.9 Å². The zero-order chi connectivity index (χ0) is 23.2. The summed E-state index contributed by atoms with van der Waals surface area (Å²) in [5.41, 5.74) is 3.58. The number of allylic oxidation sites excluding steroid dienone is 2. The minimum atomic E-state index is -0.431. The molecule has 2 aromatic carbocycles. The van der Waals surface area contributed by atoms with Gasteiger partial charge in [0.1, 0.15) is 5.82 Å². The fourth-order valence-electron chi connectivity index (χ4n) is 4.70. The van der Waals surface area contributed by atoms with Crippen molar-refractivity contribution in [3.05, 3.63) is 97.9 Å². The molecule has 7 heteroatoms. The quantitative estimate of drug-likeness (QED) is 0.360. The Kier molecular flexibility index (Phi) is 5.67. The third-order valence-corrected chi connectivity index (χ3v) is 7.45. The summed E-state index contributed by atoms with van der Waals surface area (Å²) < 4.78 is 0. The first kappa shape index (κ1) is 22.0. The van der Waals surface area contributed by atoms with Crippen LogP contribution in [0.5, 0.6) is 0 Å². The summed E-state index contributed by atoms with van der Waals surface area (Å²) in [6, 6.07) is 17.4. The van der Waals surface area contributed by atoms with Gasteiger partial charge in [0.15, 0.2) is 10.9 Å². The number of rotatable bonds is 4. The second-order valence-electron chi connectivity index (χ2n) is 9.32. The van der Waals surface area contributed by atoms with Gasteiger partial charge in [-0.15, -0.1) is 0 Å². The van der Waals surface area contributed by atoms with E-state index in [-0.39, 0.29) is 16.8 Å². The van der Waals surface area contributed by atoms with Crippen molar-refractivity contribution in [2.45, 2.75) is 43.5 Å². The number of fused-ring (bicyclic) bond motifs is 1. The van der Waals surface area contributed by atoms with Gasteiger partial charge < -0.3 is 10.3 Å². The van der Waals surface area contributed by atoms with Gasteiger partial charge >= 0.3 is 0 Å². The average molecular weight is 478 g/mol. The number of thioether (sulfide) groups is 1. The van der Waals surface area contributed by atoms with Gasteiger partial charge in [0.05, 0.1) is 5.56 Å². The summed E-state index contributed by atoms with van der Waals surface area (Å²) in [7, 11) is 0. The number of nitrogens with zero attached hydrogens (tertiary/aromatic N) is 1. The van der Waals surface area contributed by atoms with Gasteiger partial charge in [-0.05, 0) is 29.0 Å². The molecule has 1 aliphatic carbocycles. The van der Waals surface area contributed by atoms with Gasteiger partial charge in [0.25, 0.3) is 5.56 Å². The van der Waals surface area contributed by atoms with Gasteiger partial charge in [-0.2, -0.15) is 0 Å². The van der Waals surface area contributed by atoms with Crippen LogP contribution in [-0.2, 0) is 10.5 Å². The lowest BCUT2D eigenvalue weighted by Crippen LogP contribution is -2.37. The minimum Gasteiger partial charge on any atom is -0.343 e. The van der Waals surface area contributed by atoms with Crippen molar-refractivity contribution in [1.29, 1.82) is 0 Å². The van der Waals surface area contributed by atoms with Crippen molar-refractivity contribution in [2.24, 2.45) is 5.41 Å². The number of carbonyl (C=O) groups excluding carboxylic acids is 1. The second-order valence-corrected chi connectivity index (χ2v) is 10.7. The lowest BCUT2D eigenvalue weighted by Gasteiger charge is -2.38. The lowest BCUT2D eigenvalue weighted by atomic mass is 9.69. The molecule has 0 saturated heterocycles. The fourth-order valence-corrected chi connectivity index (χ4v) is 5.85. The predicted octanol–water partition coefficient (Wildman–Crippen LogP) is 5.92. The summed E-state index contributed by atoms with van der Waals surface area (Å²) in [6.45, 7) is 4.19. The first-order valence-electron chi connectivity index (χ1n) is 10.9. The van der Waals surface area contributed by atoms with E-state index in [1.165, 1.54) is 11.8 Å². The number of H-pyrrole nitrogens is 1. The number of aromatic amines is 1. The van der Waals surface area contributed by atoms with Gasteiger partial charge in [0, 0.05) is 34.4 Å². The van der Waals surface area contributed by atoms with E-state index in [0.29, 0.717) is 39.3 Å². The molecule has 0 bridgehead atoms. The number of nitrogens with one attached hydrogen (secondary N) is 2.